The van der Waals surface area contributed by atoms with Crippen molar-refractivity contribution in [1.29, 1.82) is 0 Å². The van der Waals surface area contributed by atoms with E-state index >= 15 is 0 Å². The number of benzene rings is 2. The molecule has 0 spiro atoms. The van der Waals surface area contributed by atoms with Crippen LogP contribution in [0.4, 0.5) is 13.2 Å². The third-order valence-corrected chi connectivity index (χ3v) is 4.95. The van der Waals surface area contributed by atoms with Crippen molar-refractivity contribution in [1.82, 2.24) is 9.13 Å². The van der Waals surface area contributed by atoms with Crippen LogP contribution in [0.25, 0.3) is 10.9 Å². The fourth-order valence-electron chi connectivity index (χ4n) is 3.43. The summed E-state index contributed by atoms with van der Waals surface area (Å²) in [7, 11) is 1.37. The van der Waals surface area contributed by atoms with Crippen LogP contribution in [-0.4, -0.2) is 32.3 Å². The third-order valence-electron chi connectivity index (χ3n) is 4.95. The molecule has 3 aromatic rings. The molecule has 1 heterocycles. The van der Waals surface area contributed by atoms with Crippen LogP contribution in [0.3, 0.4) is 0 Å². The normalized spacial score (nSPS) is 12.9. The van der Waals surface area contributed by atoms with Gasteiger partial charge in [0.05, 0.1) is 10.9 Å². The fourth-order valence-corrected chi connectivity index (χ4v) is 3.43. The molecular formula is C21H21F3N2O5. The molecule has 166 valence electrons. The van der Waals surface area contributed by atoms with Crippen LogP contribution in [-0.2, 0) is 13.6 Å². The molecule has 0 aliphatic rings. The van der Waals surface area contributed by atoms with E-state index in [1.165, 1.54) is 25.2 Å². The van der Waals surface area contributed by atoms with E-state index in [4.69, 9.17) is 5.11 Å². The van der Waals surface area contributed by atoms with Gasteiger partial charge in [-0.2, -0.15) is 0 Å². The molecule has 7 nitrogen and oxygen atoms in total. The Morgan fingerprint density at radius 3 is 2.32 bits per heavy atom. The van der Waals surface area contributed by atoms with Gasteiger partial charge in [-0.05, 0) is 31.0 Å². The Bertz CT molecular complexity index is 1210. The van der Waals surface area contributed by atoms with Gasteiger partial charge in [-0.3, -0.25) is 13.9 Å². The van der Waals surface area contributed by atoms with Crippen LogP contribution in [0.1, 0.15) is 29.2 Å². The Morgan fingerprint density at radius 2 is 1.74 bits per heavy atom. The Hall–Kier alpha value is -3.11. The fraction of sp³-hybridized carbons (Fsp3) is 0.333. The van der Waals surface area contributed by atoms with Crippen LogP contribution in [0.5, 0.6) is 5.75 Å². The summed E-state index contributed by atoms with van der Waals surface area (Å²) < 4.78 is 45.2. The summed E-state index contributed by atoms with van der Waals surface area (Å²) in [6.45, 7) is 1.38. The first-order chi connectivity index (χ1) is 14.5. The minimum atomic E-state index is -5.06. The first-order valence-corrected chi connectivity index (χ1v) is 9.43. The largest absolute Gasteiger partial charge is 0.573 e. The quantitative estimate of drug-likeness (QED) is 0.617. The van der Waals surface area contributed by atoms with E-state index in [0.29, 0.717) is 0 Å². The van der Waals surface area contributed by atoms with Gasteiger partial charge in [0.1, 0.15) is 11.9 Å². The Balaban J connectivity index is 2.39. The van der Waals surface area contributed by atoms with Crippen molar-refractivity contribution in [2.75, 3.05) is 6.61 Å². The number of aromatic nitrogens is 2. The van der Waals surface area contributed by atoms with Crippen LogP contribution in [0, 0.1) is 6.92 Å². The Morgan fingerprint density at radius 1 is 1.10 bits per heavy atom. The van der Waals surface area contributed by atoms with Gasteiger partial charge in [-0.25, -0.2) is 4.79 Å². The number of alkyl halides is 3. The van der Waals surface area contributed by atoms with E-state index in [1.54, 1.807) is 12.1 Å². The minimum absolute atomic E-state index is 0.0472. The van der Waals surface area contributed by atoms with Crippen LogP contribution in [0.2, 0.25) is 0 Å². The van der Waals surface area contributed by atoms with E-state index in [9.17, 15) is 27.9 Å². The summed E-state index contributed by atoms with van der Waals surface area (Å²) in [5, 5.41) is 19.8. The molecule has 0 saturated carbocycles. The third kappa shape index (κ3) is 4.49. The first-order valence-electron chi connectivity index (χ1n) is 9.43. The highest BCUT2D eigenvalue weighted by molar-refractivity contribution is 5.85. The first kappa shape index (κ1) is 22.6. The Kier molecular flexibility index (Phi) is 6.23. The number of fused-ring (bicyclic) bond motifs is 1. The predicted molar refractivity (Wildman–Crippen MR) is 107 cm³/mol. The van der Waals surface area contributed by atoms with Crippen molar-refractivity contribution >= 4 is 10.9 Å². The zero-order valence-electron chi connectivity index (χ0n) is 16.8. The molecule has 0 fully saturated rings. The van der Waals surface area contributed by atoms with Crippen molar-refractivity contribution < 1.29 is 28.1 Å². The molecule has 0 aliphatic heterocycles. The second kappa shape index (κ2) is 8.56. The number of ether oxygens (including phenoxy) is 1. The molecule has 0 saturated heterocycles. The number of nitrogens with zero attached hydrogens (tertiary/aromatic N) is 2. The lowest BCUT2D eigenvalue weighted by molar-refractivity contribution is -0.275. The van der Waals surface area contributed by atoms with Crippen LogP contribution < -0.4 is 16.0 Å². The number of hydrogen-bond acceptors (Lipinski definition) is 5. The molecule has 1 unspecified atom stereocenters. The van der Waals surface area contributed by atoms with Gasteiger partial charge in [-0.15, -0.1) is 13.2 Å². The lowest BCUT2D eigenvalue weighted by atomic mass is 9.96. The second-order valence-electron chi connectivity index (χ2n) is 7.11. The Labute approximate surface area is 174 Å². The SMILES string of the molecule is Cc1ccc(C(O)c2c(OC(F)(F)F)ccc3c2c(=O)n(CCCO)c(=O)n3C)cc1. The number of aliphatic hydroxyl groups is 2. The molecular weight excluding hydrogens is 417 g/mol. The van der Waals surface area contributed by atoms with E-state index in [0.717, 1.165) is 20.8 Å². The average Bonchev–Trinajstić information content (AvgIpc) is 2.71. The lowest BCUT2D eigenvalue weighted by Gasteiger charge is -2.21. The molecule has 3 rings (SSSR count). The number of rotatable bonds is 6. The number of hydrogen-bond donors (Lipinski definition) is 2. The minimum Gasteiger partial charge on any atom is -0.405 e. The van der Waals surface area contributed by atoms with Gasteiger partial charge in [0.2, 0.25) is 0 Å². The highest BCUT2D eigenvalue weighted by Gasteiger charge is 2.34. The standard InChI is InChI=1S/C21H21F3N2O5/c1-12-4-6-13(7-5-12)18(28)17-15(31-21(22,23)24)9-8-14-16(17)19(29)26(10-3-11-27)20(30)25(14)2/h4-9,18,27-28H,3,10-11H2,1-2H3. The van der Waals surface area contributed by atoms with E-state index < -0.39 is 35.0 Å². The molecule has 2 aromatic carbocycles. The summed E-state index contributed by atoms with van der Waals surface area (Å²) in [6, 6.07) is 8.54. The molecule has 0 amide bonds. The summed E-state index contributed by atoms with van der Waals surface area (Å²) in [5.41, 5.74) is -0.788. The van der Waals surface area contributed by atoms with Crippen molar-refractivity contribution in [3.05, 3.63) is 73.9 Å². The number of aliphatic hydroxyl groups excluding tert-OH is 2. The van der Waals surface area contributed by atoms with Crippen molar-refractivity contribution in [3.63, 3.8) is 0 Å². The predicted octanol–water partition coefficient (Wildman–Crippen LogP) is 2.37. The van der Waals surface area contributed by atoms with Gasteiger partial charge in [0.25, 0.3) is 5.56 Å². The highest BCUT2D eigenvalue weighted by Crippen LogP contribution is 2.37. The number of halogens is 3. The van der Waals surface area contributed by atoms with Crippen molar-refractivity contribution in [2.45, 2.75) is 32.4 Å². The topological polar surface area (TPSA) is 93.7 Å². The maximum absolute atomic E-state index is 13.2. The molecule has 0 bridgehead atoms. The van der Waals surface area contributed by atoms with E-state index in [1.807, 2.05) is 6.92 Å². The zero-order valence-corrected chi connectivity index (χ0v) is 16.8. The number of aryl methyl sites for hydroxylation is 2. The summed E-state index contributed by atoms with van der Waals surface area (Å²) in [6.07, 6.45) is -6.60. The van der Waals surface area contributed by atoms with Crippen LogP contribution >= 0.6 is 0 Å². The van der Waals surface area contributed by atoms with E-state index in [-0.39, 0.29) is 36.0 Å². The second-order valence-corrected chi connectivity index (χ2v) is 7.11. The summed E-state index contributed by atoms with van der Waals surface area (Å²) in [5.74, 6) is -0.738. The van der Waals surface area contributed by atoms with Crippen LogP contribution in [0.15, 0.2) is 46.0 Å². The summed E-state index contributed by atoms with van der Waals surface area (Å²) in [4.78, 5) is 25.7. The van der Waals surface area contributed by atoms with Gasteiger partial charge in [-0.1, -0.05) is 29.8 Å². The molecule has 10 heteroatoms. The molecule has 2 N–H and O–H groups in total. The highest BCUT2D eigenvalue weighted by atomic mass is 19.4. The van der Waals surface area contributed by atoms with Crippen molar-refractivity contribution in [3.8, 4) is 5.75 Å². The average molecular weight is 438 g/mol. The summed E-state index contributed by atoms with van der Waals surface area (Å²) >= 11 is 0. The maximum atomic E-state index is 13.2. The van der Waals surface area contributed by atoms with Gasteiger partial charge >= 0.3 is 12.1 Å². The lowest BCUT2D eigenvalue weighted by Crippen LogP contribution is -2.40. The molecule has 1 atom stereocenters. The molecule has 0 radical (unpaired) electrons. The van der Waals surface area contributed by atoms with E-state index in [2.05, 4.69) is 4.74 Å². The maximum Gasteiger partial charge on any atom is 0.573 e. The zero-order chi connectivity index (χ0) is 22.9. The molecule has 1 aromatic heterocycles. The molecule has 0 aliphatic carbocycles. The van der Waals surface area contributed by atoms with Crippen molar-refractivity contribution in [2.24, 2.45) is 7.05 Å². The molecule has 31 heavy (non-hydrogen) atoms. The monoisotopic (exact) mass is 438 g/mol. The van der Waals surface area contributed by atoms with Gasteiger partial charge in [0, 0.05) is 25.8 Å². The smallest absolute Gasteiger partial charge is 0.405 e. The van der Waals surface area contributed by atoms with Gasteiger partial charge in [0.15, 0.2) is 0 Å². The van der Waals surface area contributed by atoms with Gasteiger partial charge < -0.3 is 14.9 Å².